The maximum Gasteiger partial charge on any atom is -1.00 e. The van der Waals surface area contributed by atoms with Crippen molar-refractivity contribution in [3.05, 3.63) is 94.6 Å². The zero-order chi connectivity index (χ0) is 15.7. The molecule has 4 heteroatoms. The molecule has 25 heavy (non-hydrogen) atoms. The van der Waals surface area contributed by atoms with E-state index < -0.39 is 0 Å². The van der Waals surface area contributed by atoms with Gasteiger partial charge in [-0.2, -0.15) is 0 Å². The van der Waals surface area contributed by atoms with E-state index >= 15 is 0 Å². The van der Waals surface area contributed by atoms with Crippen molar-refractivity contribution in [2.45, 2.75) is 30.4 Å². The summed E-state index contributed by atoms with van der Waals surface area (Å²) >= 11 is 2.34. The van der Waals surface area contributed by atoms with E-state index in [1.165, 1.54) is 27.8 Å². The van der Waals surface area contributed by atoms with Crippen LogP contribution in [0.15, 0.2) is 72.3 Å². The van der Waals surface area contributed by atoms with E-state index in [1.54, 1.807) is 0 Å². The van der Waals surface area contributed by atoms with E-state index in [0.717, 1.165) is 0 Å². The third-order valence-corrected chi connectivity index (χ3v) is 5.25. The van der Waals surface area contributed by atoms with Gasteiger partial charge in [0.2, 0.25) is 0 Å². The molecular formula is C21H21Cl3Ti. The maximum atomic E-state index is 2.41. The van der Waals surface area contributed by atoms with Gasteiger partial charge in [0, 0.05) is 0 Å². The van der Waals surface area contributed by atoms with Gasteiger partial charge in [-0.1, -0.05) is 0 Å². The molecule has 0 N–H and O–H groups in total. The van der Waals surface area contributed by atoms with Crippen molar-refractivity contribution in [3.63, 3.8) is 0 Å². The molecule has 0 radical (unpaired) electrons. The second kappa shape index (κ2) is 10.00. The Bertz CT molecular complexity index is 722. The van der Waals surface area contributed by atoms with E-state index in [9.17, 15) is 0 Å². The normalized spacial score (nSPS) is 18.1. The fourth-order valence-corrected chi connectivity index (χ4v) is 4.37. The summed E-state index contributed by atoms with van der Waals surface area (Å²) in [5.41, 5.74) is 6.78. The summed E-state index contributed by atoms with van der Waals surface area (Å²) < 4.78 is 0.0334. The molecule has 0 aromatic heterocycles. The summed E-state index contributed by atoms with van der Waals surface area (Å²) in [6.07, 6.45) is 7.01. The average Bonchev–Trinajstić information content (AvgIpc) is 2.79. The van der Waals surface area contributed by atoms with E-state index in [1.807, 2.05) is 0 Å². The molecule has 3 rings (SSSR count). The molecular weight excluding hydrogens is 406 g/mol. The monoisotopic (exact) mass is 426 g/mol. The van der Waals surface area contributed by atoms with Crippen LogP contribution in [0.4, 0.5) is 0 Å². The standard InChI is InChI=1S/C21H21.3ClH.Ti/c1-15-6-4-8-18(12-15)21(20-11-10-17(3)14-20)19-9-5-7-16(2)13-19;;;;/h4-14,21H,1-3H3;3*1H;/q;;;;+3/p-3. The van der Waals surface area contributed by atoms with Gasteiger partial charge < -0.3 is 37.2 Å². The molecule has 130 valence electrons. The Labute approximate surface area is 181 Å². The predicted molar refractivity (Wildman–Crippen MR) is 89.8 cm³/mol. The average molecular weight is 428 g/mol. The Kier molecular flexibility index (Phi) is 9.80. The zero-order valence-corrected chi connectivity index (χ0v) is 18.4. The van der Waals surface area contributed by atoms with Crippen LogP contribution in [0.25, 0.3) is 0 Å². The number of aryl methyl sites for hydroxylation is 2. The topological polar surface area (TPSA) is 0 Å². The first-order chi connectivity index (χ1) is 10.5. The van der Waals surface area contributed by atoms with Gasteiger partial charge in [-0.15, -0.1) is 0 Å². The maximum absolute atomic E-state index is 2.41. The van der Waals surface area contributed by atoms with Crippen molar-refractivity contribution >= 4 is 0 Å². The summed E-state index contributed by atoms with van der Waals surface area (Å²) in [7, 11) is 0. The van der Waals surface area contributed by atoms with Crippen molar-refractivity contribution in [3.8, 4) is 0 Å². The van der Waals surface area contributed by atoms with Gasteiger partial charge >= 0.3 is 145 Å². The smallest absolute Gasteiger partial charge is 1.00 e. The largest absolute Gasteiger partial charge is 1.00 e. The second-order valence-electron chi connectivity index (χ2n) is 6.42. The van der Waals surface area contributed by atoms with Gasteiger partial charge in [0.1, 0.15) is 0 Å². The molecule has 0 saturated heterocycles. The number of hydrogen-bond donors (Lipinski definition) is 0. The molecule has 2 aromatic rings. The minimum absolute atomic E-state index is 0. The van der Waals surface area contributed by atoms with Crippen LogP contribution >= 0.6 is 0 Å². The summed E-state index contributed by atoms with van der Waals surface area (Å²) in [6.45, 7) is 6.53. The third-order valence-electron chi connectivity index (χ3n) is 4.32. The van der Waals surface area contributed by atoms with Crippen LogP contribution in [0.3, 0.4) is 0 Å². The molecule has 1 aliphatic carbocycles. The van der Waals surface area contributed by atoms with Gasteiger partial charge in [-0.25, -0.2) is 0 Å². The molecule has 0 spiro atoms. The first-order valence-electron chi connectivity index (χ1n) is 7.75. The van der Waals surface area contributed by atoms with E-state index in [-0.39, 0.29) is 40.9 Å². The number of benzene rings is 2. The van der Waals surface area contributed by atoms with Crippen LogP contribution in [0.1, 0.15) is 35.1 Å². The molecule has 1 atom stereocenters. The summed E-state index contributed by atoms with van der Waals surface area (Å²) in [5.74, 6) is 0.348. The molecule has 0 saturated carbocycles. The Morgan fingerprint density at radius 2 is 1.28 bits per heavy atom. The van der Waals surface area contributed by atoms with Crippen LogP contribution in [0, 0.1) is 13.8 Å². The van der Waals surface area contributed by atoms with Gasteiger partial charge in [0.15, 0.2) is 0 Å². The number of halogens is 3. The summed E-state index contributed by atoms with van der Waals surface area (Å²) in [6, 6.07) is 17.9. The first kappa shape index (κ1) is 24.5. The second-order valence-corrected chi connectivity index (χ2v) is 7.77. The molecule has 0 amide bonds. The van der Waals surface area contributed by atoms with Gasteiger partial charge in [0.05, 0.1) is 0 Å². The van der Waals surface area contributed by atoms with Gasteiger partial charge in [-0.05, 0) is 0 Å². The predicted octanol–water partition coefficient (Wildman–Crippen LogP) is -3.33. The van der Waals surface area contributed by atoms with Crippen LogP contribution in [0.2, 0.25) is 3.72 Å². The van der Waals surface area contributed by atoms with Crippen LogP contribution < -0.4 is 37.2 Å². The quantitative estimate of drug-likeness (QED) is 0.450. The third kappa shape index (κ3) is 5.49. The van der Waals surface area contributed by atoms with Gasteiger partial charge in [-0.3, -0.25) is 0 Å². The Balaban J connectivity index is 0.00000192. The Morgan fingerprint density at radius 1 is 0.800 bits per heavy atom. The SMILES string of the molecule is CC1=C[C]([Ti+3])(C(c2cccc(C)c2)c2cccc(C)c2)C=C1.[Cl-].[Cl-].[Cl-]. The molecule has 2 aromatic carbocycles. The van der Waals surface area contributed by atoms with E-state index in [2.05, 4.69) is 108 Å². The fraction of sp³-hybridized carbons (Fsp3) is 0.238. The molecule has 0 aliphatic heterocycles. The number of allylic oxidation sites excluding steroid dienone is 4. The first-order valence-corrected chi connectivity index (χ1v) is 8.53. The van der Waals surface area contributed by atoms with E-state index in [0.29, 0.717) is 5.92 Å². The minimum atomic E-state index is 0. The molecule has 0 fully saturated rings. The number of rotatable bonds is 3. The van der Waals surface area contributed by atoms with Gasteiger partial charge in [0.25, 0.3) is 0 Å². The van der Waals surface area contributed by atoms with Crippen LogP contribution in [-0.4, -0.2) is 0 Å². The minimum Gasteiger partial charge on any atom is -1.00 e. The zero-order valence-electron chi connectivity index (χ0n) is 14.6. The summed E-state index contributed by atoms with van der Waals surface area (Å²) in [5, 5.41) is 0. The molecule has 0 heterocycles. The molecule has 1 unspecified atom stereocenters. The molecule has 1 aliphatic rings. The van der Waals surface area contributed by atoms with Crippen LogP contribution in [0.5, 0.6) is 0 Å². The Hall–Kier alpha value is -0.496. The van der Waals surface area contributed by atoms with Crippen LogP contribution in [-0.2, 0) is 20.4 Å². The number of hydrogen-bond acceptors (Lipinski definition) is 0. The molecule has 0 bridgehead atoms. The van der Waals surface area contributed by atoms with Crippen molar-refractivity contribution in [1.82, 2.24) is 0 Å². The van der Waals surface area contributed by atoms with Crippen molar-refractivity contribution in [1.29, 1.82) is 0 Å². The summed E-state index contributed by atoms with van der Waals surface area (Å²) in [4.78, 5) is 0. The van der Waals surface area contributed by atoms with Crippen molar-refractivity contribution in [2.24, 2.45) is 0 Å². The Morgan fingerprint density at radius 3 is 1.64 bits per heavy atom. The fourth-order valence-electron chi connectivity index (χ4n) is 3.37. The van der Waals surface area contributed by atoms with E-state index in [4.69, 9.17) is 0 Å². The van der Waals surface area contributed by atoms with Crippen molar-refractivity contribution < 1.29 is 57.7 Å². The van der Waals surface area contributed by atoms with Crippen molar-refractivity contribution in [2.75, 3.05) is 0 Å². The molecule has 0 nitrogen and oxygen atoms in total.